The SMILES string of the molecule is Clc1ccc(NCC#Cc2ccccc2)cc1Br. The third-order valence-electron chi connectivity index (χ3n) is 2.31. The van der Waals surface area contributed by atoms with Gasteiger partial charge in [-0.25, -0.2) is 0 Å². The van der Waals surface area contributed by atoms with Crippen LogP contribution >= 0.6 is 27.5 Å². The first-order chi connectivity index (χ1) is 8.75. The van der Waals surface area contributed by atoms with Crippen molar-refractivity contribution in [3.8, 4) is 11.8 Å². The minimum absolute atomic E-state index is 0.600. The molecule has 0 fully saturated rings. The maximum Gasteiger partial charge on any atom is 0.0769 e. The molecule has 0 aliphatic heterocycles. The number of hydrogen-bond acceptors (Lipinski definition) is 1. The summed E-state index contributed by atoms with van der Waals surface area (Å²) >= 11 is 9.30. The molecule has 0 saturated carbocycles. The highest BCUT2D eigenvalue weighted by molar-refractivity contribution is 9.10. The molecule has 0 radical (unpaired) electrons. The van der Waals surface area contributed by atoms with Crippen LogP contribution in [0.25, 0.3) is 0 Å². The summed E-state index contributed by atoms with van der Waals surface area (Å²) in [4.78, 5) is 0. The first kappa shape index (κ1) is 13.0. The zero-order chi connectivity index (χ0) is 12.8. The molecule has 0 aliphatic rings. The number of halogens is 2. The summed E-state index contributed by atoms with van der Waals surface area (Å²) in [6.07, 6.45) is 0. The van der Waals surface area contributed by atoms with Crippen molar-refractivity contribution in [2.75, 3.05) is 11.9 Å². The van der Waals surface area contributed by atoms with E-state index in [0.29, 0.717) is 11.6 Å². The van der Waals surface area contributed by atoms with Crippen LogP contribution in [0.4, 0.5) is 5.69 Å². The second-order valence-corrected chi connectivity index (χ2v) is 4.91. The molecule has 0 saturated heterocycles. The summed E-state index contributed by atoms with van der Waals surface area (Å²) in [7, 11) is 0. The molecule has 0 unspecified atom stereocenters. The molecule has 0 aliphatic carbocycles. The molecule has 0 aromatic heterocycles. The molecule has 2 rings (SSSR count). The van der Waals surface area contributed by atoms with E-state index in [-0.39, 0.29) is 0 Å². The Kier molecular flexibility index (Phi) is 4.69. The van der Waals surface area contributed by atoms with Crippen molar-refractivity contribution < 1.29 is 0 Å². The van der Waals surface area contributed by atoms with Crippen molar-refractivity contribution in [1.82, 2.24) is 0 Å². The Morgan fingerprint density at radius 1 is 1.11 bits per heavy atom. The molecule has 1 nitrogen and oxygen atoms in total. The predicted molar refractivity (Wildman–Crippen MR) is 81.0 cm³/mol. The van der Waals surface area contributed by atoms with E-state index < -0.39 is 0 Å². The van der Waals surface area contributed by atoms with E-state index in [9.17, 15) is 0 Å². The van der Waals surface area contributed by atoms with Crippen LogP contribution < -0.4 is 5.32 Å². The topological polar surface area (TPSA) is 12.0 Å². The molecular formula is C15H11BrClN. The Hall–Kier alpha value is -1.43. The van der Waals surface area contributed by atoms with Crippen LogP contribution in [-0.4, -0.2) is 6.54 Å². The van der Waals surface area contributed by atoms with E-state index in [1.807, 2.05) is 48.5 Å². The highest BCUT2D eigenvalue weighted by atomic mass is 79.9. The van der Waals surface area contributed by atoms with Gasteiger partial charge in [-0.15, -0.1) is 0 Å². The second-order valence-electron chi connectivity index (χ2n) is 3.65. The Morgan fingerprint density at radius 2 is 1.89 bits per heavy atom. The summed E-state index contributed by atoms with van der Waals surface area (Å²) in [5, 5.41) is 3.93. The Bertz CT molecular complexity index is 584. The Labute approximate surface area is 120 Å². The maximum atomic E-state index is 5.92. The monoisotopic (exact) mass is 319 g/mol. The van der Waals surface area contributed by atoms with Crippen molar-refractivity contribution in [2.45, 2.75) is 0 Å². The van der Waals surface area contributed by atoms with Gasteiger partial charge in [-0.1, -0.05) is 41.6 Å². The number of hydrogen-bond donors (Lipinski definition) is 1. The molecular weight excluding hydrogens is 310 g/mol. The minimum atomic E-state index is 0.600. The van der Waals surface area contributed by atoms with Crippen LogP contribution in [0, 0.1) is 11.8 Å². The van der Waals surface area contributed by atoms with Gasteiger partial charge in [0.2, 0.25) is 0 Å². The molecule has 2 aromatic rings. The van der Waals surface area contributed by atoms with Gasteiger partial charge >= 0.3 is 0 Å². The fraction of sp³-hybridized carbons (Fsp3) is 0.0667. The zero-order valence-electron chi connectivity index (χ0n) is 9.58. The van der Waals surface area contributed by atoms with Gasteiger partial charge in [0.05, 0.1) is 11.6 Å². The van der Waals surface area contributed by atoms with Crippen molar-refractivity contribution >= 4 is 33.2 Å². The number of rotatable bonds is 2. The van der Waals surface area contributed by atoms with Crippen molar-refractivity contribution in [2.24, 2.45) is 0 Å². The van der Waals surface area contributed by atoms with Gasteiger partial charge in [-0.05, 0) is 46.3 Å². The highest BCUT2D eigenvalue weighted by Crippen LogP contribution is 2.25. The summed E-state index contributed by atoms with van der Waals surface area (Å²) in [5.41, 5.74) is 2.02. The van der Waals surface area contributed by atoms with Gasteiger partial charge in [0.25, 0.3) is 0 Å². The van der Waals surface area contributed by atoms with E-state index in [2.05, 4.69) is 33.1 Å². The van der Waals surface area contributed by atoms with E-state index in [0.717, 1.165) is 15.7 Å². The summed E-state index contributed by atoms with van der Waals surface area (Å²) in [6, 6.07) is 15.6. The van der Waals surface area contributed by atoms with Crippen LogP contribution in [0.3, 0.4) is 0 Å². The smallest absolute Gasteiger partial charge is 0.0769 e. The fourth-order valence-electron chi connectivity index (χ4n) is 1.42. The van der Waals surface area contributed by atoms with E-state index in [4.69, 9.17) is 11.6 Å². The quantitative estimate of drug-likeness (QED) is 0.800. The van der Waals surface area contributed by atoms with Gasteiger partial charge in [0.1, 0.15) is 0 Å². The van der Waals surface area contributed by atoms with Crippen LogP contribution in [0.5, 0.6) is 0 Å². The van der Waals surface area contributed by atoms with Crippen molar-refractivity contribution in [1.29, 1.82) is 0 Å². The lowest BCUT2D eigenvalue weighted by Crippen LogP contribution is -1.98. The average molecular weight is 321 g/mol. The van der Waals surface area contributed by atoms with Gasteiger partial charge in [0, 0.05) is 15.7 Å². The molecule has 2 aromatic carbocycles. The average Bonchev–Trinajstić information content (AvgIpc) is 2.40. The van der Waals surface area contributed by atoms with Gasteiger partial charge in [0.15, 0.2) is 0 Å². The second kappa shape index (κ2) is 6.49. The number of anilines is 1. The fourth-order valence-corrected chi connectivity index (χ4v) is 1.92. The lowest BCUT2D eigenvalue weighted by molar-refractivity contribution is 1.37. The molecule has 90 valence electrons. The normalized spacial score (nSPS) is 9.44. The van der Waals surface area contributed by atoms with Crippen molar-refractivity contribution in [3.05, 3.63) is 63.6 Å². The van der Waals surface area contributed by atoms with Gasteiger partial charge in [-0.3, -0.25) is 0 Å². The van der Waals surface area contributed by atoms with Crippen molar-refractivity contribution in [3.63, 3.8) is 0 Å². The molecule has 3 heteroatoms. The molecule has 0 spiro atoms. The Morgan fingerprint density at radius 3 is 2.61 bits per heavy atom. The summed E-state index contributed by atoms with van der Waals surface area (Å²) in [5.74, 6) is 6.17. The highest BCUT2D eigenvalue weighted by Gasteiger charge is 1.97. The molecule has 0 amide bonds. The molecule has 0 heterocycles. The minimum Gasteiger partial charge on any atom is -0.374 e. The standard InChI is InChI=1S/C15H11BrClN/c16-14-11-13(8-9-15(14)17)18-10-4-7-12-5-2-1-3-6-12/h1-3,5-6,8-9,11,18H,10H2. The van der Waals surface area contributed by atoms with E-state index in [1.54, 1.807) is 0 Å². The first-order valence-electron chi connectivity index (χ1n) is 5.48. The molecule has 1 N–H and O–H groups in total. The molecule has 18 heavy (non-hydrogen) atoms. The third-order valence-corrected chi connectivity index (χ3v) is 3.52. The number of nitrogens with one attached hydrogen (secondary N) is 1. The van der Waals surface area contributed by atoms with Crippen LogP contribution in [0.1, 0.15) is 5.56 Å². The molecule has 0 bridgehead atoms. The summed E-state index contributed by atoms with van der Waals surface area (Å²) < 4.78 is 0.880. The zero-order valence-corrected chi connectivity index (χ0v) is 11.9. The van der Waals surface area contributed by atoms with E-state index >= 15 is 0 Å². The molecule has 0 atom stereocenters. The maximum absolute atomic E-state index is 5.92. The third kappa shape index (κ3) is 3.80. The number of benzene rings is 2. The van der Waals surface area contributed by atoms with Gasteiger partial charge < -0.3 is 5.32 Å². The lowest BCUT2D eigenvalue weighted by atomic mass is 10.2. The summed E-state index contributed by atoms with van der Waals surface area (Å²) in [6.45, 7) is 0.600. The first-order valence-corrected chi connectivity index (χ1v) is 6.65. The Balaban J connectivity index is 1.93. The van der Waals surface area contributed by atoms with Crippen LogP contribution in [0.15, 0.2) is 53.0 Å². The largest absolute Gasteiger partial charge is 0.374 e. The lowest BCUT2D eigenvalue weighted by Gasteiger charge is -2.03. The van der Waals surface area contributed by atoms with Gasteiger partial charge in [-0.2, -0.15) is 0 Å². The van der Waals surface area contributed by atoms with E-state index in [1.165, 1.54) is 0 Å². The predicted octanol–water partition coefficient (Wildman–Crippen LogP) is 4.57. The van der Waals surface area contributed by atoms with Crippen LogP contribution in [-0.2, 0) is 0 Å². The van der Waals surface area contributed by atoms with Crippen LogP contribution in [0.2, 0.25) is 5.02 Å².